The number of amides is 3. The maximum atomic E-state index is 13.6. The van der Waals surface area contributed by atoms with E-state index in [4.69, 9.17) is 9.47 Å². The minimum Gasteiger partial charge on any atom is -0.459 e. The fourth-order valence-corrected chi connectivity index (χ4v) is 4.63. The molecule has 2 aliphatic rings. The second-order valence-electron chi connectivity index (χ2n) is 9.43. The predicted molar refractivity (Wildman–Crippen MR) is 130 cm³/mol. The average molecular weight is 490 g/mol. The summed E-state index contributed by atoms with van der Waals surface area (Å²) in [5.41, 5.74) is -0.250. The van der Waals surface area contributed by atoms with Gasteiger partial charge in [-0.15, -0.1) is 0 Å². The van der Waals surface area contributed by atoms with Crippen LogP contribution in [0.3, 0.4) is 0 Å². The van der Waals surface area contributed by atoms with E-state index in [2.05, 4.69) is 10.6 Å². The SMILES string of the molecule is CCCC[C@H](NC(=O)C1(NC(=O)N2CCOCC2)CCCCC1)C(O)C(=O)OCc1ccccc1. The molecule has 1 unspecified atom stereocenters. The second-order valence-corrected chi connectivity index (χ2v) is 9.43. The molecule has 0 bridgehead atoms. The van der Waals surface area contributed by atoms with Gasteiger partial charge in [-0.1, -0.05) is 69.4 Å². The average Bonchev–Trinajstić information content (AvgIpc) is 2.90. The molecule has 194 valence electrons. The fraction of sp³-hybridized carbons (Fsp3) is 0.654. The van der Waals surface area contributed by atoms with Crippen LogP contribution in [-0.2, 0) is 25.7 Å². The maximum Gasteiger partial charge on any atom is 0.337 e. The van der Waals surface area contributed by atoms with Crippen LogP contribution in [-0.4, -0.2) is 71.9 Å². The number of rotatable bonds is 10. The Hall–Kier alpha value is -2.65. The van der Waals surface area contributed by atoms with Crippen LogP contribution in [0.2, 0.25) is 0 Å². The third kappa shape index (κ3) is 7.67. The van der Waals surface area contributed by atoms with Crippen LogP contribution in [0.5, 0.6) is 0 Å². The van der Waals surface area contributed by atoms with Gasteiger partial charge in [0.25, 0.3) is 0 Å². The molecule has 9 nitrogen and oxygen atoms in total. The number of hydrogen-bond acceptors (Lipinski definition) is 6. The van der Waals surface area contributed by atoms with Crippen molar-refractivity contribution in [2.45, 2.75) is 82.6 Å². The number of urea groups is 1. The van der Waals surface area contributed by atoms with E-state index < -0.39 is 23.7 Å². The predicted octanol–water partition coefficient (Wildman–Crippen LogP) is 2.51. The molecule has 2 fully saturated rings. The quantitative estimate of drug-likeness (QED) is 0.435. The number of carbonyl (C=O) groups is 3. The molecule has 0 radical (unpaired) electrons. The zero-order valence-corrected chi connectivity index (χ0v) is 20.7. The van der Waals surface area contributed by atoms with E-state index in [0.29, 0.717) is 45.6 Å². The number of aliphatic hydroxyl groups is 1. The molecular weight excluding hydrogens is 450 g/mol. The number of ether oxygens (including phenoxy) is 2. The highest BCUT2D eigenvalue weighted by molar-refractivity contribution is 5.92. The standard InChI is InChI=1S/C26H39N3O6/c1-2-3-12-21(22(30)23(31)35-19-20-10-6-4-7-11-20)27-24(32)26(13-8-5-9-14-26)28-25(33)29-15-17-34-18-16-29/h4,6-7,10-11,21-22,30H,2-3,5,8-9,12-19H2,1H3,(H,27,32)(H,28,33)/t21-,22?/m0/s1. The number of esters is 1. The molecule has 0 aromatic heterocycles. The van der Waals surface area contributed by atoms with Crippen LogP contribution in [0.1, 0.15) is 63.9 Å². The molecule has 0 spiro atoms. The molecule has 1 aliphatic carbocycles. The lowest BCUT2D eigenvalue weighted by Gasteiger charge is -2.40. The van der Waals surface area contributed by atoms with Crippen LogP contribution < -0.4 is 10.6 Å². The Morgan fingerprint density at radius 3 is 2.46 bits per heavy atom. The lowest BCUT2D eigenvalue weighted by molar-refractivity contribution is -0.157. The highest BCUT2D eigenvalue weighted by Crippen LogP contribution is 2.29. The second kappa shape index (κ2) is 13.4. The van der Waals surface area contributed by atoms with Gasteiger partial charge in [0, 0.05) is 13.1 Å². The maximum absolute atomic E-state index is 13.6. The third-order valence-corrected chi connectivity index (χ3v) is 6.82. The highest BCUT2D eigenvalue weighted by Gasteiger charge is 2.43. The van der Waals surface area contributed by atoms with Crippen molar-refractivity contribution in [3.05, 3.63) is 35.9 Å². The van der Waals surface area contributed by atoms with Gasteiger partial charge >= 0.3 is 12.0 Å². The van der Waals surface area contributed by atoms with Gasteiger partial charge in [0.15, 0.2) is 6.10 Å². The topological polar surface area (TPSA) is 117 Å². The lowest BCUT2D eigenvalue weighted by atomic mass is 9.80. The minimum atomic E-state index is -1.50. The van der Waals surface area contributed by atoms with E-state index in [1.165, 1.54) is 0 Å². The van der Waals surface area contributed by atoms with E-state index in [1.807, 2.05) is 37.3 Å². The lowest BCUT2D eigenvalue weighted by Crippen LogP contribution is -2.65. The molecule has 3 amide bonds. The third-order valence-electron chi connectivity index (χ3n) is 6.82. The summed E-state index contributed by atoms with van der Waals surface area (Å²) < 4.78 is 10.6. The van der Waals surface area contributed by atoms with Gasteiger partial charge in [-0.25, -0.2) is 9.59 Å². The van der Waals surface area contributed by atoms with Gasteiger partial charge in [0.2, 0.25) is 5.91 Å². The number of benzene rings is 1. The molecule has 2 atom stereocenters. The summed E-state index contributed by atoms with van der Waals surface area (Å²) in [6.07, 6.45) is 4.17. The van der Waals surface area contributed by atoms with Crippen molar-refractivity contribution in [2.24, 2.45) is 0 Å². The number of hydrogen-bond donors (Lipinski definition) is 3. The number of morpholine rings is 1. The molecule has 9 heteroatoms. The molecule has 1 aromatic carbocycles. The van der Waals surface area contributed by atoms with Gasteiger partial charge in [-0.2, -0.15) is 0 Å². The summed E-state index contributed by atoms with van der Waals surface area (Å²) in [4.78, 5) is 40.8. The van der Waals surface area contributed by atoms with Crippen molar-refractivity contribution in [1.29, 1.82) is 0 Å². The molecule has 1 saturated heterocycles. The molecule has 35 heavy (non-hydrogen) atoms. The summed E-state index contributed by atoms with van der Waals surface area (Å²) in [5.74, 6) is -1.12. The van der Waals surface area contributed by atoms with E-state index in [-0.39, 0.29) is 18.5 Å². The van der Waals surface area contributed by atoms with Crippen molar-refractivity contribution in [3.8, 4) is 0 Å². The first-order valence-electron chi connectivity index (χ1n) is 12.8. The van der Waals surface area contributed by atoms with Crippen LogP contribution in [0.25, 0.3) is 0 Å². The van der Waals surface area contributed by atoms with Crippen molar-refractivity contribution in [3.63, 3.8) is 0 Å². The largest absolute Gasteiger partial charge is 0.459 e. The van der Waals surface area contributed by atoms with Crippen LogP contribution in [0.4, 0.5) is 4.79 Å². The van der Waals surface area contributed by atoms with E-state index in [1.54, 1.807) is 4.90 Å². The van der Waals surface area contributed by atoms with Gasteiger partial charge in [0.05, 0.1) is 19.3 Å². The molecule has 1 aromatic rings. The molecule has 3 N–H and O–H groups in total. The van der Waals surface area contributed by atoms with E-state index in [9.17, 15) is 19.5 Å². The van der Waals surface area contributed by atoms with Gasteiger partial charge in [-0.3, -0.25) is 4.79 Å². The van der Waals surface area contributed by atoms with Crippen LogP contribution in [0.15, 0.2) is 30.3 Å². The minimum absolute atomic E-state index is 0.0464. The zero-order chi connectivity index (χ0) is 25.1. The first-order valence-corrected chi connectivity index (χ1v) is 12.8. The highest BCUT2D eigenvalue weighted by atomic mass is 16.5. The van der Waals surface area contributed by atoms with Gasteiger partial charge in [-0.05, 0) is 24.8 Å². The first kappa shape index (κ1) is 26.9. The van der Waals surface area contributed by atoms with Crippen LogP contribution >= 0.6 is 0 Å². The summed E-state index contributed by atoms with van der Waals surface area (Å²) in [6.45, 7) is 3.96. The molecule has 1 aliphatic heterocycles. The Balaban J connectivity index is 1.67. The van der Waals surface area contributed by atoms with Crippen LogP contribution in [0, 0.1) is 0 Å². The summed E-state index contributed by atoms with van der Waals surface area (Å²) in [6, 6.07) is 8.15. The number of carbonyl (C=O) groups excluding carboxylic acids is 3. The summed E-state index contributed by atoms with van der Waals surface area (Å²) >= 11 is 0. The summed E-state index contributed by atoms with van der Waals surface area (Å²) in [7, 11) is 0. The monoisotopic (exact) mass is 489 g/mol. The normalized spacial score (nSPS) is 19.3. The summed E-state index contributed by atoms with van der Waals surface area (Å²) in [5, 5.41) is 16.7. The zero-order valence-electron chi connectivity index (χ0n) is 20.7. The van der Waals surface area contributed by atoms with Crippen molar-refractivity contribution < 1.29 is 29.0 Å². The van der Waals surface area contributed by atoms with Gasteiger partial charge in [0.1, 0.15) is 12.1 Å². The van der Waals surface area contributed by atoms with Crippen molar-refractivity contribution >= 4 is 17.9 Å². The molecule has 3 rings (SSSR count). The Bertz CT molecular complexity index is 822. The smallest absolute Gasteiger partial charge is 0.337 e. The Kier molecular flexibility index (Phi) is 10.3. The Morgan fingerprint density at radius 2 is 1.80 bits per heavy atom. The molecule has 1 saturated carbocycles. The van der Waals surface area contributed by atoms with E-state index >= 15 is 0 Å². The molecular formula is C26H39N3O6. The van der Waals surface area contributed by atoms with E-state index in [0.717, 1.165) is 37.7 Å². The number of nitrogens with zero attached hydrogens (tertiary/aromatic N) is 1. The van der Waals surface area contributed by atoms with Gasteiger partial charge < -0.3 is 30.1 Å². The van der Waals surface area contributed by atoms with Crippen molar-refractivity contribution in [1.82, 2.24) is 15.5 Å². The Morgan fingerprint density at radius 1 is 1.11 bits per heavy atom. The fourth-order valence-electron chi connectivity index (χ4n) is 4.63. The van der Waals surface area contributed by atoms with Crippen molar-refractivity contribution in [2.75, 3.05) is 26.3 Å². The first-order chi connectivity index (χ1) is 16.9. The number of aliphatic hydroxyl groups excluding tert-OH is 1. The molecule has 1 heterocycles. The number of nitrogens with one attached hydrogen (secondary N) is 2. The number of unbranched alkanes of at least 4 members (excludes halogenated alkanes) is 1. The Labute approximate surface area is 207 Å².